The largest absolute Gasteiger partial charge is 0.481 e. The summed E-state index contributed by atoms with van der Waals surface area (Å²) in [5.74, 6) is -2.22. The van der Waals surface area contributed by atoms with E-state index in [1.54, 1.807) is 55.2 Å². The summed E-state index contributed by atoms with van der Waals surface area (Å²) in [5.41, 5.74) is 0.0461. The van der Waals surface area contributed by atoms with Gasteiger partial charge < -0.3 is 20.4 Å². The molecule has 2 aromatic rings. The maximum atomic E-state index is 13.4. The second-order valence-corrected chi connectivity index (χ2v) is 11.5. The van der Waals surface area contributed by atoms with Gasteiger partial charge in [-0.2, -0.15) is 26.3 Å². The summed E-state index contributed by atoms with van der Waals surface area (Å²) in [7, 11) is 0. The van der Waals surface area contributed by atoms with Gasteiger partial charge in [-0.05, 0) is 65.9 Å². The standard InChI is InChI=1S/C34H36F6N2O4/c1-22(19-23-20-24(33(35,36)37)11-13-27(23)41-17-15-30(43)44)9-7-5-4-6-8-10-29-32(2,3)26-21-25(34(38,39)40)12-14-28(26)42(29)18-16-31(45)46/h4-14,20-22,41H,15-19H2,1-3H3,(H,43,44)(H,45,46)/b5-4+,8-6+,9-7+,29-10+. The molecule has 1 aliphatic heterocycles. The molecule has 1 heterocycles. The normalized spacial score (nSPS) is 16.5. The minimum atomic E-state index is -4.52. The molecule has 0 amide bonds. The van der Waals surface area contributed by atoms with Crippen molar-refractivity contribution in [2.75, 3.05) is 23.3 Å². The van der Waals surface area contributed by atoms with Crippen LogP contribution in [0.5, 0.6) is 0 Å². The maximum Gasteiger partial charge on any atom is 0.416 e. The number of hydrogen-bond donors (Lipinski definition) is 3. The van der Waals surface area contributed by atoms with Crippen LogP contribution in [0.4, 0.5) is 37.7 Å². The average Bonchev–Trinajstić information content (AvgIpc) is 3.15. The molecule has 0 fully saturated rings. The number of fused-ring (bicyclic) bond motifs is 1. The van der Waals surface area contributed by atoms with Gasteiger partial charge in [-0.15, -0.1) is 0 Å². The lowest BCUT2D eigenvalue weighted by molar-refractivity contribution is -0.138. The molecule has 3 rings (SSSR count). The molecule has 0 aliphatic carbocycles. The molecule has 46 heavy (non-hydrogen) atoms. The first-order chi connectivity index (χ1) is 21.4. The van der Waals surface area contributed by atoms with Crippen LogP contribution in [-0.4, -0.2) is 35.2 Å². The highest BCUT2D eigenvalue weighted by Crippen LogP contribution is 2.49. The van der Waals surface area contributed by atoms with Crippen LogP contribution in [0.3, 0.4) is 0 Å². The Morgan fingerprint density at radius 1 is 0.870 bits per heavy atom. The minimum absolute atomic E-state index is 0.0678. The molecule has 0 aromatic heterocycles. The Bertz CT molecular complexity index is 1540. The molecule has 0 spiro atoms. The third kappa shape index (κ3) is 9.51. The van der Waals surface area contributed by atoms with E-state index in [9.17, 15) is 41.0 Å². The molecule has 0 saturated carbocycles. The van der Waals surface area contributed by atoms with Crippen LogP contribution in [0, 0.1) is 5.92 Å². The average molecular weight is 651 g/mol. The van der Waals surface area contributed by atoms with E-state index in [1.807, 2.05) is 13.0 Å². The highest BCUT2D eigenvalue weighted by Gasteiger charge is 2.42. The van der Waals surface area contributed by atoms with Crippen molar-refractivity contribution < 1.29 is 46.1 Å². The van der Waals surface area contributed by atoms with Crippen molar-refractivity contribution in [3.8, 4) is 0 Å². The van der Waals surface area contributed by atoms with Gasteiger partial charge in [-0.25, -0.2) is 0 Å². The minimum Gasteiger partial charge on any atom is -0.481 e. The van der Waals surface area contributed by atoms with Crippen LogP contribution in [0.25, 0.3) is 0 Å². The second-order valence-electron chi connectivity index (χ2n) is 11.5. The number of carboxylic acid groups (broad SMARTS) is 2. The van der Waals surface area contributed by atoms with Gasteiger partial charge >= 0.3 is 24.3 Å². The predicted molar refractivity (Wildman–Crippen MR) is 165 cm³/mol. The zero-order valence-electron chi connectivity index (χ0n) is 25.5. The van der Waals surface area contributed by atoms with Crippen LogP contribution < -0.4 is 10.2 Å². The summed E-state index contributed by atoms with van der Waals surface area (Å²) in [6, 6.07) is 6.78. The van der Waals surface area contributed by atoms with Crippen molar-refractivity contribution in [1.29, 1.82) is 0 Å². The van der Waals surface area contributed by atoms with Gasteiger partial charge in [0.25, 0.3) is 0 Å². The number of alkyl halides is 6. The van der Waals surface area contributed by atoms with Gasteiger partial charge in [0.1, 0.15) is 0 Å². The molecule has 1 aliphatic rings. The first-order valence-electron chi connectivity index (χ1n) is 14.5. The van der Waals surface area contributed by atoms with Crippen LogP contribution in [0.2, 0.25) is 0 Å². The summed E-state index contributed by atoms with van der Waals surface area (Å²) >= 11 is 0. The molecule has 1 atom stereocenters. The molecule has 0 saturated heterocycles. The second kappa shape index (κ2) is 14.7. The van der Waals surface area contributed by atoms with Crippen LogP contribution >= 0.6 is 0 Å². The smallest absolute Gasteiger partial charge is 0.416 e. The number of rotatable bonds is 13. The van der Waals surface area contributed by atoms with Crippen molar-refractivity contribution in [3.63, 3.8) is 0 Å². The first-order valence-corrected chi connectivity index (χ1v) is 14.5. The van der Waals surface area contributed by atoms with E-state index in [0.29, 0.717) is 28.2 Å². The first kappa shape index (κ1) is 36.0. The van der Waals surface area contributed by atoms with E-state index in [2.05, 4.69) is 5.32 Å². The molecule has 1 unspecified atom stereocenters. The fourth-order valence-electron chi connectivity index (χ4n) is 5.22. The lowest BCUT2D eigenvalue weighted by Gasteiger charge is -2.26. The maximum absolute atomic E-state index is 13.4. The van der Waals surface area contributed by atoms with Crippen molar-refractivity contribution in [3.05, 3.63) is 107 Å². The van der Waals surface area contributed by atoms with Gasteiger partial charge in [0.2, 0.25) is 0 Å². The summed E-state index contributed by atoms with van der Waals surface area (Å²) in [6.45, 7) is 5.55. The Morgan fingerprint density at radius 3 is 2.09 bits per heavy atom. The van der Waals surface area contributed by atoms with Gasteiger partial charge in [0.15, 0.2) is 0 Å². The van der Waals surface area contributed by atoms with E-state index < -0.39 is 40.8 Å². The lowest BCUT2D eigenvalue weighted by Crippen LogP contribution is -2.28. The van der Waals surface area contributed by atoms with E-state index in [0.717, 1.165) is 24.3 Å². The van der Waals surface area contributed by atoms with Gasteiger partial charge in [0.05, 0.1) is 24.0 Å². The number of nitrogens with one attached hydrogen (secondary N) is 1. The summed E-state index contributed by atoms with van der Waals surface area (Å²) in [6.07, 6.45) is 2.95. The molecular formula is C34H36F6N2O4. The van der Waals surface area contributed by atoms with E-state index in [-0.39, 0.29) is 38.3 Å². The Kier molecular flexibility index (Phi) is 11.5. The van der Waals surface area contributed by atoms with Crippen molar-refractivity contribution in [2.45, 2.75) is 57.8 Å². The molecule has 0 bridgehead atoms. The molecule has 0 radical (unpaired) electrons. The molecule has 6 nitrogen and oxygen atoms in total. The van der Waals surface area contributed by atoms with E-state index >= 15 is 0 Å². The van der Waals surface area contributed by atoms with Gasteiger partial charge in [0, 0.05) is 35.6 Å². The summed E-state index contributed by atoms with van der Waals surface area (Å²) in [5, 5.41) is 21.0. The Balaban J connectivity index is 1.73. The molecule has 12 heteroatoms. The summed E-state index contributed by atoms with van der Waals surface area (Å²) in [4.78, 5) is 23.8. The highest BCUT2D eigenvalue weighted by atomic mass is 19.4. The van der Waals surface area contributed by atoms with Crippen molar-refractivity contribution in [2.24, 2.45) is 5.92 Å². The SMILES string of the molecule is CC(/C=C/C=C/C=C/C=C1/N(CCC(=O)O)c2ccc(C(F)(F)F)cc2C1(C)C)Cc1cc(C(F)(F)F)ccc1NCCC(=O)O. The van der Waals surface area contributed by atoms with Gasteiger partial charge in [-0.1, -0.05) is 57.2 Å². The monoisotopic (exact) mass is 650 g/mol. The van der Waals surface area contributed by atoms with Crippen molar-refractivity contribution >= 4 is 23.3 Å². The number of carboxylic acids is 2. The molecule has 248 valence electrons. The fraction of sp³-hybridized carbons (Fsp3) is 0.353. The third-order valence-corrected chi connectivity index (χ3v) is 7.54. The lowest BCUT2D eigenvalue weighted by atomic mass is 9.83. The van der Waals surface area contributed by atoms with Crippen LogP contribution in [-0.2, 0) is 33.8 Å². The third-order valence-electron chi connectivity index (χ3n) is 7.54. The van der Waals surface area contributed by atoms with E-state index in [1.165, 1.54) is 12.1 Å². The number of hydrogen-bond acceptors (Lipinski definition) is 4. The predicted octanol–water partition coefficient (Wildman–Crippen LogP) is 8.61. The Labute approximate surface area is 263 Å². The van der Waals surface area contributed by atoms with Crippen molar-refractivity contribution in [1.82, 2.24) is 0 Å². The number of aliphatic carboxylic acids is 2. The summed E-state index contributed by atoms with van der Waals surface area (Å²) < 4.78 is 80.2. The fourth-order valence-corrected chi connectivity index (χ4v) is 5.22. The number of nitrogens with zero attached hydrogens (tertiary/aromatic N) is 1. The molecule has 3 N–H and O–H groups in total. The van der Waals surface area contributed by atoms with E-state index in [4.69, 9.17) is 5.11 Å². The quantitative estimate of drug-likeness (QED) is 0.149. The topological polar surface area (TPSA) is 89.9 Å². The number of halogens is 6. The van der Waals surface area contributed by atoms with Crippen LogP contribution in [0.1, 0.15) is 55.9 Å². The number of anilines is 2. The zero-order valence-corrected chi connectivity index (χ0v) is 25.5. The Hall–Kier alpha value is -4.48. The van der Waals surface area contributed by atoms with Crippen LogP contribution in [0.15, 0.2) is 84.6 Å². The highest BCUT2D eigenvalue weighted by molar-refractivity contribution is 5.74. The number of allylic oxidation sites excluding steroid dienone is 8. The molecular weight excluding hydrogens is 614 g/mol. The zero-order chi connectivity index (χ0) is 34.3. The Morgan fingerprint density at radius 2 is 1.46 bits per heavy atom. The molecule has 2 aromatic carbocycles. The van der Waals surface area contributed by atoms with Gasteiger partial charge in [-0.3, -0.25) is 9.59 Å². The number of carbonyl (C=O) groups is 2. The number of benzene rings is 2.